The van der Waals surface area contributed by atoms with Crippen LogP contribution in [0.2, 0.25) is 0 Å². The van der Waals surface area contributed by atoms with Gasteiger partial charge in [0.1, 0.15) is 0 Å². The van der Waals surface area contributed by atoms with Crippen LogP contribution < -0.4 is 10.6 Å². The summed E-state index contributed by atoms with van der Waals surface area (Å²) in [6.07, 6.45) is 0.498. The van der Waals surface area contributed by atoms with Crippen LogP contribution in [0.4, 0.5) is 5.13 Å². The highest BCUT2D eigenvalue weighted by molar-refractivity contribution is 7.91. The second-order valence-corrected chi connectivity index (χ2v) is 8.90. The normalized spacial score (nSPS) is 18.6. The quantitative estimate of drug-likeness (QED) is 0.813. The Morgan fingerprint density at radius 1 is 1.24 bits per heavy atom. The van der Waals surface area contributed by atoms with Crippen molar-refractivity contribution in [1.29, 1.82) is 0 Å². The van der Waals surface area contributed by atoms with Crippen LogP contribution in [-0.2, 0) is 21.1 Å². The monoisotopic (exact) mass is 379 g/mol. The van der Waals surface area contributed by atoms with Crippen molar-refractivity contribution < 1.29 is 18.0 Å². The van der Waals surface area contributed by atoms with E-state index >= 15 is 0 Å². The van der Waals surface area contributed by atoms with Crippen LogP contribution in [0, 0.1) is 0 Å². The molecule has 1 aromatic heterocycles. The van der Waals surface area contributed by atoms with Crippen molar-refractivity contribution >= 4 is 38.1 Å². The van der Waals surface area contributed by atoms with Gasteiger partial charge in [0.25, 0.3) is 5.91 Å². The Morgan fingerprint density at radius 3 is 2.68 bits per heavy atom. The smallest absolute Gasteiger partial charge is 0.257 e. The number of sulfone groups is 1. The molecule has 3 rings (SSSR count). The van der Waals surface area contributed by atoms with E-state index in [0.717, 1.165) is 0 Å². The number of carbonyl (C=O) groups excluding carboxylic acids is 2. The molecule has 1 aliphatic rings. The Bertz CT molecular complexity index is 878. The molecule has 1 aromatic carbocycles. The zero-order valence-electron chi connectivity index (χ0n) is 13.3. The highest BCUT2D eigenvalue weighted by Gasteiger charge is 2.28. The van der Waals surface area contributed by atoms with E-state index in [9.17, 15) is 18.0 Å². The molecule has 2 amide bonds. The summed E-state index contributed by atoms with van der Waals surface area (Å²) in [7, 11) is -3.03. The highest BCUT2D eigenvalue weighted by Crippen LogP contribution is 2.17. The second kappa shape index (κ2) is 7.32. The molecule has 9 heteroatoms. The third-order valence-corrected chi connectivity index (χ3v) is 6.32. The maximum Gasteiger partial charge on any atom is 0.257 e. The SMILES string of the molecule is O=C(Cc1csc(NC(=O)c2ccccc2)n1)NC1CCS(=O)(=O)C1. The first-order valence-corrected chi connectivity index (χ1v) is 10.4. The van der Waals surface area contributed by atoms with E-state index in [-0.39, 0.29) is 35.8 Å². The molecule has 132 valence electrons. The summed E-state index contributed by atoms with van der Waals surface area (Å²) in [5, 5.41) is 7.53. The predicted molar refractivity (Wildman–Crippen MR) is 95.4 cm³/mol. The second-order valence-electron chi connectivity index (χ2n) is 5.81. The number of aromatic nitrogens is 1. The molecule has 0 saturated carbocycles. The molecule has 2 heterocycles. The lowest BCUT2D eigenvalue weighted by Gasteiger charge is -2.09. The number of rotatable bonds is 5. The molecule has 0 aliphatic carbocycles. The van der Waals surface area contributed by atoms with Crippen LogP contribution in [0.5, 0.6) is 0 Å². The topological polar surface area (TPSA) is 105 Å². The largest absolute Gasteiger partial charge is 0.352 e. The molecule has 0 spiro atoms. The Labute approximate surface area is 149 Å². The summed E-state index contributed by atoms with van der Waals surface area (Å²) in [6, 6.07) is 8.45. The number of thiazole rings is 1. The zero-order valence-corrected chi connectivity index (χ0v) is 14.9. The minimum atomic E-state index is -3.03. The van der Waals surface area contributed by atoms with E-state index in [2.05, 4.69) is 15.6 Å². The first-order chi connectivity index (χ1) is 11.9. The average Bonchev–Trinajstić information content (AvgIpc) is 3.14. The molecule has 2 N–H and O–H groups in total. The van der Waals surface area contributed by atoms with Crippen LogP contribution in [-0.4, -0.2) is 42.8 Å². The lowest BCUT2D eigenvalue weighted by atomic mass is 10.2. The number of hydrogen-bond donors (Lipinski definition) is 2. The number of benzene rings is 1. The zero-order chi connectivity index (χ0) is 17.9. The Morgan fingerprint density at radius 2 is 2.00 bits per heavy atom. The molecular weight excluding hydrogens is 362 g/mol. The lowest BCUT2D eigenvalue weighted by Crippen LogP contribution is -2.36. The average molecular weight is 379 g/mol. The Kier molecular flexibility index (Phi) is 5.14. The van der Waals surface area contributed by atoms with E-state index in [1.165, 1.54) is 11.3 Å². The van der Waals surface area contributed by atoms with Gasteiger partial charge in [-0.3, -0.25) is 14.9 Å². The first-order valence-electron chi connectivity index (χ1n) is 7.72. The number of carbonyl (C=O) groups is 2. The van der Waals surface area contributed by atoms with Crippen LogP contribution in [0.25, 0.3) is 0 Å². The Hall–Kier alpha value is -2.26. The standard InChI is InChI=1S/C16H17N3O4S2/c20-14(17-12-6-7-25(22,23)10-12)8-13-9-24-16(18-13)19-15(21)11-4-2-1-3-5-11/h1-5,9,12H,6-8,10H2,(H,17,20)(H,18,19,21). The molecular formula is C16H17N3O4S2. The van der Waals surface area contributed by atoms with E-state index < -0.39 is 9.84 Å². The summed E-state index contributed by atoms with van der Waals surface area (Å²) < 4.78 is 22.8. The molecule has 0 bridgehead atoms. The van der Waals surface area contributed by atoms with Crippen molar-refractivity contribution in [2.75, 3.05) is 16.8 Å². The lowest BCUT2D eigenvalue weighted by molar-refractivity contribution is -0.121. The fourth-order valence-corrected chi connectivity index (χ4v) is 4.94. The van der Waals surface area contributed by atoms with Crippen molar-refractivity contribution in [3.63, 3.8) is 0 Å². The van der Waals surface area contributed by atoms with Crippen LogP contribution in [0.3, 0.4) is 0 Å². The third-order valence-electron chi connectivity index (χ3n) is 3.75. The van der Waals surface area contributed by atoms with Crippen molar-refractivity contribution in [2.24, 2.45) is 0 Å². The number of nitrogens with zero attached hydrogens (tertiary/aromatic N) is 1. The maximum atomic E-state index is 12.1. The summed E-state index contributed by atoms with van der Waals surface area (Å²) in [5.74, 6) is -0.422. The van der Waals surface area contributed by atoms with Gasteiger partial charge >= 0.3 is 0 Å². The summed E-state index contributed by atoms with van der Waals surface area (Å²) in [5.41, 5.74) is 1.06. The minimum absolute atomic E-state index is 0.00577. The number of nitrogens with one attached hydrogen (secondary N) is 2. The summed E-state index contributed by atoms with van der Waals surface area (Å²) >= 11 is 1.24. The van der Waals surface area contributed by atoms with Gasteiger partial charge in [-0.25, -0.2) is 13.4 Å². The molecule has 7 nitrogen and oxygen atoms in total. The van der Waals surface area contributed by atoms with Gasteiger partial charge in [-0.15, -0.1) is 11.3 Å². The molecule has 1 fully saturated rings. The molecule has 2 aromatic rings. The molecule has 1 aliphatic heterocycles. The van der Waals surface area contributed by atoms with Crippen molar-refractivity contribution in [3.05, 3.63) is 47.0 Å². The minimum Gasteiger partial charge on any atom is -0.352 e. The first kappa shape index (κ1) is 17.6. The molecule has 0 radical (unpaired) electrons. The van der Waals surface area contributed by atoms with E-state index in [1.54, 1.807) is 29.6 Å². The molecule has 25 heavy (non-hydrogen) atoms. The van der Waals surface area contributed by atoms with Crippen molar-refractivity contribution in [3.8, 4) is 0 Å². The molecule has 1 unspecified atom stereocenters. The summed E-state index contributed by atoms with van der Waals surface area (Å²) in [6.45, 7) is 0. The van der Waals surface area contributed by atoms with Crippen molar-refractivity contribution in [2.45, 2.75) is 18.9 Å². The van der Waals surface area contributed by atoms with Gasteiger partial charge in [0.05, 0.1) is 23.6 Å². The van der Waals surface area contributed by atoms with Gasteiger partial charge in [0.2, 0.25) is 5.91 Å². The number of hydrogen-bond acceptors (Lipinski definition) is 6. The van der Waals surface area contributed by atoms with Gasteiger partial charge in [0, 0.05) is 17.0 Å². The van der Waals surface area contributed by atoms with Gasteiger partial charge in [-0.2, -0.15) is 0 Å². The van der Waals surface area contributed by atoms with Crippen molar-refractivity contribution in [1.82, 2.24) is 10.3 Å². The predicted octanol–water partition coefficient (Wildman–Crippen LogP) is 1.24. The maximum absolute atomic E-state index is 12.1. The van der Waals surface area contributed by atoms with Gasteiger partial charge < -0.3 is 5.32 Å². The van der Waals surface area contributed by atoms with Crippen LogP contribution >= 0.6 is 11.3 Å². The van der Waals surface area contributed by atoms with Gasteiger partial charge in [0.15, 0.2) is 15.0 Å². The van der Waals surface area contributed by atoms with Crippen LogP contribution in [0.1, 0.15) is 22.5 Å². The molecule has 1 saturated heterocycles. The van der Waals surface area contributed by atoms with E-state index in [1.807, 2.05) is 6.07 Å². The fourth-order valence-electron chi connectivity index (χ4n) is 2.56. The molecule has 1 atom stereocenters. The fraction of sp³-hybridized carbons (Fsp3) is 0.312. The highest BCUT2D eigenvalue weighted by atomic mass is 32.2. The number of anilines is 1. The van der Waals surface area contributed by atoms with Gasteiger partial charge in [-0.1, -0.05) is 18.2 Å². The van der Waals surface area contributed by atoms with Gasteiger partial charge in [-0.05, 0) is 18.6 Å². The Balaban J connectivity index is 1.53. The van der Waals surface area contributed by atoms with E-state index in [0.29, 0.717) is 22.8 Å². The summed E-state index contributed by atoms with van der Waals surface area (Å²) in [4.78, 5) is 28.3. The van der Waals surface area contributed by atoms with E-state index in [4.69, 9.17) is 0 Å². The van der Waals surface area contributed by atoms with Crippen LogP contribution in [0.15, 0.2) is 35.7 Å². The number of amides is 2. The third kappa shape index (κ3) is 4.86.